The number of ketones is 1. The van der Waals surface area contributed by atoms with Crippen LogP contribution in [0.25, 0.3) is 0 Å². The molecule has 0 rings (SSSR count). The van der Waals surface area contributed by atoms with Gasteiger partial charge in [-0.25, -0.2) is 4.79 Å². The van der Waals surface area contributed by atoms with Gasteiger partial charge in [0.25, 0.3) is 0 Å². The van der Waals surface area contributed by atoms with Crippen molar-refractivity contribution in [2.24, 2.45) is 5.92 Å². The molecule has 0 saturated heterocycles. The summed E-state index contributed by atoms with van der Waals surface area (Å²) in [5.74, 6) is 0.142. The number of Topliss-reactive ketones (excluding diaryl/α,β-unsaturated/α-hetero) is 1. The Bertz CT molecular complexity index is 291. The highest BCUT2D eigenvalue weighted by Crippen LogP contribution is 2.15. The van der Waals surface area contributed by atoms with Crippen LogP contribution in [0.1, 0.15) is 73.1 Å². The van der Waals surface area contributed by atoms with E-state index in [1.165, 1.54) is 26.2 Å². The number of ether oxygens (including phenoxy) is 1. The topological polar surface area (TPSA) is 55.4 Å². The third-order valence-corrected chi connectivity index (χ3v) is 3.68. The Hall–Kier alpha value is -1.06. The van der Waals surface area contributed by atoms with E-state index >= 15 is 0 Å². The minimum atomic E-state index is -0.486. The molecule has 1 amide bonds. The number of carbonyl (C=O) groups excluding carboxylic acids is 2. The molecule has 0 bridgehead atoms. The van der Waals surface area contributed by atoms with Crippen LogP contribution in [0.15, 0.2) is 0 Å². The van der Waals surface area contributed by atoms with Gasteiger partial charge in [0, 0.05) is 0 Å². The number of nitrogens with one attached hydrogen (secondary N) is 1. The molecule has 0 aliphatic carbocycles. The maximum atomic E-state index is 11.7. The normalized spacial score (nSPS) is 15.2. The second-order valence-electron chi connectivity index (χ2n) is 5.68. The Balaban J connectivity index is 4.27. The molecular formula is C16H31NO3. The Morgan fingerprint density at radius 2 is 1.75 bits per heavy atom. The Kier molecular flexibility index (Phi) is 10.1. The summed E-state index contributed by atoms with van der Waals surface area (Å²) in [6.07, 6.45) is 5.81. The summed E-state index contributed by atoms with van der Waals surface area (Å²) in [7, 11) is 0. The largest absolute Gasteiger partial charge is 0.447 e. The summed E-state index contributed by atoms with van der Waals surface area (Å²) in [4.78, 5) is 23.4. The second-order valence-corrected chi connectivity index (χ2v) is 5.68. The number of hydrogen-bond acceptors (Lipinski definition) is 3. The zero-order valence-electron chi connectivity index (χ0n) is 13.7. The first-order chi connectivity index (χ1) is 9.42. The van der Waals surface area contributed by atoms with Crippen molar-refractivity contribution in [3.05, 3.63) is 0 Å². The lowest BCUT2D eigenvalue weighted by molar-refractivity contribution is -0.120. The Morgan fingerprint density at radius 1 is 1.10 bits per heavy atom. The summed E-state index contributed by atoms with van der Waals surface area (Å²) in [6.45, 7) is 9.51. The Morgan fingerprint density at radius 3 is 2.25 bits per heavy atom. The lowest BCUT2D eigenvalue weighted by atomic mass is 9.93. The van der Waals surface area contributed by atoms with Gasteiger partial charge in [-0.3, -0.25) is 4.79 Å². The molecule has 0 aromatic carbocycles. The van der Waals surface area contributed by atoms with Gasteiger partial charge in [-0.1, -0.05) is 46.5 Å². The Labute approximate surface area is 123 Å². The maximum absolute atomic E-state index is 11.7. The quantitative estimate of drug-likeness (QED) is 0.615. The summed E-state index contributed by atoms with van der Waals surface area (Å²) in [5, 5.41) is 2.71. The van der Waals surface area contributed by atoms with Crippen LogP contribution in [0, 0.1) is 5.92 Å². The molecule has 118 valence electrons. The summed E-state index contributed by atoms with van der Waals surface area (Å²) in [6, 6.07) is -0.437. The van der Waals surface area contributed by atoms with E-state index in [0.717, 1.165) is 19.3 Å². The average molecular weight is 285 g/mol. The summed E-state index contributed by atoms with van der Waals surface area (Å²) < 4.78 is 5.17. The van der Waals surface area contributed by atoms with Gasteiger partial charge in [0.15, 0.2) is 5.78 Å². The number of alkyl carbamates (subject to hydrolysis) is 1. The zero-order chi connectivity index (χ0) is 15.5. The van der Waals surface area contributed by atoms with Crippen molar-refractivity contribution in [1.82, 2.24) is 5.32 Å². The summed E-state index contributed by atoms with van der Waals surface area (Å²) >= 11 is 0. The van der Waals surface area contributed by atoms with Crippen LogP contribution in [0.3, 0.4) is 0 Å². The first-order valence-corrected chi connectivity index (χ1v) is 7.89. The van der Waals surface area contributed by atoms with Crippen molar-refractivity contribution in [2.45, 2.75) is 85.3 Å². The molecule has 0 aromatic heterocycles. The van der Waals surface area contributed by atoms with E-state index in [4.69, 9.17) is 4.74 Å². The highest BCUT2D eigenvalue weighted by atomic mass is 16.6. The van der Waals surface area contributed by atoms with E-state index in [2.05, 4.69) is 12.2 Å². The van der Waals surface area contributed by atoms with Crippen molar-refractivity contribution in [3.63, 3.8) is 0 Å². The number of hydrogen-bond donors (Lipinski definition) is 1. The molecule has 4 nitrogen and oxygen atoms in total. The van der Waals surface area contributed by atoms with Crippen LogP contribution in [0.5, 0.6) is 0 Å². The fourth-order valence-corrected chi connectivity index (χ4v) is 2.13. The molecule has 0 spiro atoms. The van der Waals surface area contributed by atoms with Crippen molar-refractivity contribution in [1.29, 1.82) is 0 Å². The van der Waals surface area contributed by atoms with Crippen LogP contribution in [0.4, 0.5) is 4.79 Å². The lowest BCUT2D eigenvalue weighted by Gasteiger charge is -2.23. The smallest absolute Gasteiger partial charge is 0.407 e. The van der Waals surface area contributed by atoms with Gasteiger partial charge >= 0.3 is 6.09 Å². The SMILES string of the molecule is CCCCCCC(C)C(NC(=O)OC(C)CC)C(C)=O. The third kappa shape index (κ3) is 8.18. The van der Waals surface area contributed by atoms with Gasteiger partial charge in [-0.2, -0.15) is 0 Å². The van der Waals surface area contributed by atoms with E-state index in [1.807, 2.05) is 20.8 Å². The van der Waals surface area contributed by atoms with Gasteiger partial charge in [-0.05, 0) is 32.6 Å². The molecule has 1 N–H and O–H groups in total. The predicted molar refractivity (Wildman–Crippen MR) is 81.8 cm³/mol. The molecule has 0 radical (unpaired) electrons. The molecule has 0 heterocycles. The minimum absolute atomic E-state index is 0.00547. The highest BCUT2D eigenvalue weighted by Gasteiger charge is 2.24. The maximum Gasteiger partial charge on any atom is 0.407 e. The molecular weight excluding hydrogens is 254 g/mol. The monoisotopic (exact) mass is 285 g/mol. The van der Waals surface area contributed by atoms with E-state index in [-0.39, 0.29) is 17.8 Å². The van der Waals surface area contributed by atoms with E-state index in [1.54, 1.807) is 0 Å². The van der Waals surface area contributed by atoms with Crippen LogP contribution in [-0.4, -0.2) is 24.0 Å². The molecule has 4 heteroatoms. The van der Waals surface area contributed by atoms with Gasteiger partial charge in [0.2, 0.25) is 0 Å². The van der Waals surface area contributed by atoms with Gasteiger partial charge in [0.1, 0.15) is 6.10 Å². The minimum Gasteiger partial charge on any atom is -0.447 e. The van der Waals surface area contributed by atoms with Crippen LogP contribution in [-0.2, 0) is 9.53 Å². The highest BCUT2D eigenvalue weighted by molar-refractivity contribution is 5.85. The van der Waals surface area contributed by atoms with Crippen molar-refractivity contribution < 1.29 is 14.3 Å². The average Bonchev–Trinajstić information content (AvgIpc) is 2.40. The van der Waals surface area contributed by atoms with Gasteiger partial charge in [-0.15, -0.1) is 0 Å². The predicted octanol–water partition coefficient (Wildman–Crippen LogP) is 4.08. The number of carbonyl (C=O) groups is 2. The molecule has 0 fully saturated rings. The fourth-order valence-electron chi connectivity index (χ4n) is 2.13. The zero-order valence-corrected chi connectivity index (χ0v) is 13.7. The van der Waals surface area contributed by atoms with E-state index in [9.17, 15) is 9.59 Å². The van der Waals surface area contributed by atoms with E-state index in [0.29, 0.717) is 0 Å². The van der Waals surface area contributed by atoms with Crippen LogP contribution < -0.4 is 5.32 Å². The standard InChI is InChI=1S/C16H31NO3/c1-6-8-9-10-11-12(3)15(14(5)18)17-16(19)20-13(4)7-2/h12-13,15H,6-11H2,1-5H3,(H,17,19). The van der Waals surface area contributed by atoms with Crippen molar-refractivity contribution >= 4 is 11.9 Å². The number of unbranched alkanes of at least 4 members (excludes halogenated alkanes) is 3. The first-order valence-electron chi connectivity index (χ1n) is 7.89. The first kappa shape index (κ1) is 18.9. The fraction of sp³-hybridized carbons (Fsp3) is 0.875. The van der Waals surface area contributed by atoms with Gasteiger partial charge < -0.3 is 10.1 Å². The van der Waals surface area contributed by atoms with Crippen molar-refractivity contribution in [3.8, 4) is 0 Å². The van der Waals surface area contributed by atoms with Crippen molar-refractivity contribution in [2.75, 3.05) is 0 Å². The second kappa shape index (κ2) is 10.7. The lowest BCUT2D eigenvalue weighted by Crippen LogP contribution is -2.45. The molecule has 0 aromatic rings. The van der Waals surface area contributed by atoms with E-state index < -0.39 is 12.1 Å². The molecule has 3 unspecified atom stereocenters. The number of rotatable bonds is 10. The number of amides is 1. The molecule has 3 atom stereocenters. The molecule has 20 heavy (non-hydrogen) atoms. The molecule has 0 aliphatic heterocycles. The molecule has 0 saturated carbocycles. The summed E-state index contributed by atoms with van der Waals surface area (Å²) in [5.41, 5.74) is 0. The van der Waals surface area contributed by atoms with Gasteiger partial charge in [0.05, 0.1) is 6.04 Å². The third-order valence-electron chi connectivity index (χ3n) is 3.68. The van der Waals surface area contributed by atoms with Crippen LogP contribution >= 0.6 is 0 Å². The van der Waals surface area contributed by atoms with Crippen LogP contribution in [0.2, 0.25) is 0 Å². The molecule has 0 aliphatic rings.